The summed E-state index contributed by atoms with van der Waals surface area (Å²) >= 11 is 1.34. The lowest BCUT2D eigenvalue weighted by Crippen LogP contribution is -2.10. The minimum Gasteiger partial charge on any atom is -0.364 e. The van der Waals surface area contributed by atoms with Crippen LogP contribution in [0.5, 0.6) is 0 Å². The Morgan fingerprint density at radius 3 is 2.86 bits per heavy atom. The molecule has 1 aromatic rings. The Bertz CT molecular complexity index is 296. The third-order valence-corrected chi connectivity index (χ3v) is 2.95. The van der Waals surface area contributed by atoms with Crippen molar-refractivity contribution in [3.63, 3.8) is 0 Å². The van der Waals surface area contributed by atoms with Crippen LogP contribution in [0.25, 0.3) is 0 Å². The molecule has 1 amide bonds. The lowest BCUT2D eigenvalue weighted by Gasteiger charge is -1.95. The molecule has 78 valence electrons. The van der Waals surface area contributed by atoms with Crippen LogP contribution in [0, 0.1) is 0 Å². The maximum absolute atomic E-state index is 10.8. The van der Waals surface area contributed by atoms with Crippen LogP contribution in [-0.2, 0) is 6.42 Å². The number of hydrogen-bond donors (Lipinski definition) is 1. The summed E-state index contributed by atoms with van der Waals surface area (Å²) in [5.74, 6) is -0.421. The molecule has 3 nitrogen and oxygen atoms in total. The lowest BCUT2D eigenvalue weighted by atomic mass is 10.1. The zero-order chi connectivity index (χ0) is 10.4. The highest BCUT2D eigenvalue weighted by atomic mass is 32.1. The predicted molar refractivity (Wildman–Crippen MR) is 58.5 cm³/mol. The van der Waals surface area contributed by atoms with E-state index in [0.717, 1.165) is 18.5 Å². The molecule has 4 heteroatoms. The van der Waals surface area contributed by atoms with Crippen LogP contribution in [0.1, 0.15) is 48.1 Å². The predicted octanol–water partition coefficient (Wildman–Crippen LogP) is 2.36. The SMILES string of the molecule is CCCCCCc1csc(C(N)=O)n1. The van der Waals surface area contributed by atoms with E-state index in [0.29, 0.717) is 5.01 Å². The van der Waals surface area contributed by atoms with Crippen molar-refractivity contribution in [1.29, 1.82) is 0 Å². The molecule has 14 heavy (non-hydrogen) atoms. The molecular formula is C10H16N2OS. The van der Waals surface area contributed by atoms with E-state index in [4.69, 9.17) is 5.73 Å². The van der Waals surface area contributed by atoms with Crippen LogP contribution >= 0.6 is 11.3 Å². The maximum atomic E-state index is 10.8. The fourth-order valence-electron chi connectivity index (χ4n) is 1.27. The van der Waals surface area contributed by atoms with Crippen molar-refractivity contribution < 1.29 is 4.79 Å². The van der Waals surface area contributed by atoms with E-state index in [1.807, 2.05) is 5.38 Å². The van der Waals surface area contributed by atoms with Gasteiger partial charge in [0.1, 0.15) is 0 Å². The number of carbonyl (C=O) groups excluding carboxylic acids is 1. The molecule has 0 aliphatic carbocycles. The van der Waals surface area contributed by atoms with Gasteiger partial charge in [-0.05, 0) is 12.8 Å². The minimum atomic E-state index is -0.421. The van der Waals surface area contributed by atoms with E-state index in [1.54, 1.807) is 0 Å². The molecule has 0 aliphatic rings. The number of aromatic nitrogens is 1. The van der Waals surface area contributed by atoms with Crippen LogP contribution in [0.2, 0.25) is 0 Å². The van der Waals surface area contributed by atoms with Crippen molar-refractivity contribution in [2.24, 2.45) is 5.73 Å². The summed E-state index contributed by atoms with van der Waals surface area (Å²) < 4.78 is 0. The molecule has 2 N–H and O–H groups in total. The van der Waals surface area contributed by atoms with Crippen LogP contribution in [0.4, 0.5) is 0 Å². The zero-order valence-corrected chi connectivity index (χ0v) is 9.27. The standard InChI is InChI=1S/C10H16N2OS/c1-2-3-4-5-6-8-7-14-10(12-8)9(11)13/h7H,2-6H2,1H3,(H2,11,13). The van der Waals surface area contributed by atoms with Gasteiger partial charge < -0.3 is 5.73 Å². The first-order valence-corrected chi connectivity index (χ1v) is 5.86. The van der Waals surface area contributed by atoms with Gasteiger partial charge in [-0.2, -0.15) is 0 Å². The third kappa shape index (κ3) is 3.46. The van der Waals surface area contributed by atoms with Crippen molar-refractivity contribution in [2.75, 3.05) is 0 Å². The Morgan fingerprint density at radius 2 is 2.29 bits per heavy atom. The minimum absolute atomic E-state index is 0.421. The van der Waals surface area contributed by atoms with Gasteiger partial charge in [0.05, 0.1) is 5.69 Å². The van der Waals surface area contributed by atoms with E-state index in [9.17, 15) is 4.79 Å². The largest absolute Gasteiger partial charge is 0.364 e. The van der Waals surface area contributed by atoms with E-state index in [-0.39, 0.29) is 0 Å². The summed E-state index contributed by atoms with van der Waals surface area (Å²) in [5, 5.41) is 2.35. The molecule has 0 aromatic carbocycles. The first kappa shape index (κ1) is 11.2. The fourth-order valence-corrected chi connectivity index (χ4v) is 1.97. The Balaban J connectivity index is 2.33. The Labute approximate surface area is 88.3 Å². The molecule has 0 saturated carbocycles. The molecular weight excluding hydrogens is 196 g/mol. The molecule has 1 aromatic heterocycles. The van der Waals surface area contributed by atoms with Gasteiger partial charge in [0.2, 0.25) is 0 Å². The topological polar surface area (TPSA) is 56.0 Å². The number of primary amides is 1. The number of unbranched alkanes of at least 4 members (excludes halogenated alkanes) is 3. The number of thiazole rings is 1. The van der Waals surface area contributed by atoms with Gasteiger partial charge in [-0.1, -0.05) is 26.2 Å². The molecule has 0 radical (unpaired) electrons. The van der Waals surface area contributed by atoms with Crippen LogP contribution in [-0.4, -0.2) is 10.9 Å². The van der Waals surface area contributed by atoms with E-state index in [1.165, 1.54) is 30.6 Å². The summed E-state index contributed by atoms with van der Waals surface area (Å²) in [5.41, 5.74) is 6.11. The number of nitrogens with zero attached hydrogens (tertiary/aromatic N) is 1. The van der Waals surface area contributed by atoms with Gasteiger partial charge in [0.25, 0.3) is 5.91 Å². The number of hydrogen-bond acceptors (Lipinski definition) is 3. The third-order valence-electron chi connectivity index (χ3n) is 2.05. The normalized spacial score (nSPS) is 10.4. The molecule has 1 rings (SSSR count). The van der Waals surface area contributed by atoms with E-state index in [2.05, 4.69) is 11.9 Å². The molecule has 0 atom stereocenters. The van der Waals surface area contributed by atoms with Gasteiger partial charge in [-0.15, -0.1) is 11.3 Å². The summed E-state index contributed by atoms with van der Waals surface area (Å²) in [6, 6.07) is 0. The summed E-state index contributed by atoms with van der Waals surface area (Å²) in [6.45, 7) is 2.19. The molecule has 0 aliphatic heterocycles. The van der Waals surface area contributed by atoms with Gasteiger partial charge in [-0.3, -0.25) is 4.79 Å². The quantitative estimate of drug-likeness (QED) is 0.736. The molecule has 1 heterocycles. The smallest absolute Gasteiger partial charge is 0.277 e. The number of carbonyl (C=O) groups is 1. The second kappa shape index (κ2) is 5.75. The Hall–Kier alpha value is -0.900. The molecule has 0 bridgehead atoms. The molecule has 0 spiro atoms. The second-order valence-corrected chi connectivity index (χ2v) is 4.18. The maximum Gasteiger partial charge on any atom is 0.277 e. The van der Waals surface area contributed by atoms with Crippen molar-refractivity contribution in [3.05, 3.63) is 16.1 Å². The summed E-state index contributed by atoms with van der Waals surface area (Å²) in [7, 11) is 0. The van der Waals surface area contributed by atoms with Gasteiger partial charge >= 0.3 is 0 Å². The average molecular weight is 212 g/mol. The summed E-state index contributed by atoms with van der Waals surface area (Å²) in [4.78, 5) is 14.9. The van der Waals surface area contributed by atoms with E-state index >= 15 is 0 Å². The lowest BCUT2D eigenvalue weighted by molar-refractivity contribution is 0.1000. The van der Waals surface area contributed by atoms with E-state index < -0.39 is 5.91 Å². The first-order valence-electron chi connectivity index (χ1n) is 4.98. The number of nitrogens with two attached hydrogens (primary N) is 1. The highest BCUT2D eigenvalue weighted by molar-refractivity contribution is 7.11. The first-order chi connectivity index (χ1) is 6.74. The number of rotatable bonds is 6. The van der Waals surface area contributed by atoms with Crippen LogP contribution < -0.4 is 5.73 Å². The molecule has 0 saturated heterocycles. The van der Waals surface area contributed by atoms with Gasteiger partial charge in [0.15, 0.2) is 5.01 Å². The molecule has 0 fully saturated rings. The Morgan fingerprint density at radius 1 is 1.50 bits per heavy atom. The second-order valence-electron chi connectivity index (χ2n) is 3.32. The van der Waals surface area contributed by atoms with Gasteiger partial charge in [0, 0.05) is 5.38 Å². The van der Waals surface area contributed by atoms with Crippen molar-refractivity contribution >= 4 is 17.2 Å². The number of aryl methyl sites for hydroxylation is 1. The monoisotopic (exact) mass is 212 g/mol. The van der Waals surface area contributed by atoms with Crippen molar-refractivity contribution in [2.45, 2.75) is 39.0 Å². The highest BCUT2D eigenvalue weighted by Crippen LogP contribution is 2.12. The van der Waals surface area contributed by atoms with Crippen LogP contribution in [0.15, 0.2) is 5.38 Å². The van der Waals surface area contributed by atoms with Crippen LogP contribution in [0.3, 0.4) is 0 Å². The number of amides is 1. The van der Waals surface area contributed by atoms with Crippen molar-refractivity contribution in [1.82, 2.24) is 4.98 Å². The average Bonchev–Trinajstić information content (AvgIpc) is 2.61. The zero-order valence-electron chi connectivity index (χ0n) is 8.45. The summed E-state index contributed by atoms with van der Waals surface area (Å²) in [6.07, 6.45) is 5.86. The fraction of sp³-hybridized carbons (Fsp3) is 0.600. The highest BCUT2D eigenvalue weighted by Gasteiger charge is 2.06. The van der Waals surface area contributed by atoms with Crippen molar-refractivity contribution in [3.8, 4) is 0 Å². The Kier molecular flexibility index (Phi) is 4.59. The van der Waals surface area contributed by atoms with Gasteiger partial charge in [-0.25, -0.2) is 4.98 Å². The molecule has 0 unspecified atom stereocenters.